The number of carbonyl (C=O) groups excluding carboxylic acids is 1. The number of likely N-dealkylation sites (N-methyl/N-ethyl adjacent to an activating group) is 1. The fraction of sp³-hybridized carbons (Fsp3) is 0.929. The average Bonchev–Trinajstić information content (AvgIpc) is 2.60. The Morgan fingerprint density at radius 1 is 1.39 bits per heavy atom. The molecule has 0 aliphatic carbocycles. The highest BCUT2D eigenvalue weighted by atomic mass is 16.2. The highest BCUT2D eigenvalue weighted by Crippen LogP contribution is 2.21. The quantitative estimate of drug-likeness (QED) is 0.823. The van der Waals surface area contributed by atoms with E-state index in [-0.39, 0.29) is 18.1 Å². The number of nitrogens with one attached hydrogen (secondary N) is 1. The first-order valence-electron chi connectivity index (χ1n) is 7.27. The van der Waals surface area contributed by atoms with Gasteiger partial charge in [0.15, 0.2) is 0 Å². The van der Waals surface area contributed by atoms with Crippen molar-refractivity contribution in [3.05, 3.63) is 0 Å². The maximum atomic E-state index is 12.4. The predicted molar refractivity (Wildman–Crippen MR) is 73.2 cm³/mol. The summed E-state index contributed by atoms with van der Waals surface area (Å²) in [7, 11) is 2.18. The molecule has 104 valence electrons. The third kappa shape index (κ3) is 2.69. The van der Waals surface area contributed by atoms with Crippen LogP contribution in [0.3, 0.4) is 0 Å². The van der Waals surface area contributed by atoms with E-state index in [9.17, 15) is 4.79 Å². The van der Waals surface area contributed by atoms with Gasteiger partial charge in [0, 0.05) is 12.6 Å². The second-order valence-electron chi connectivity index (χ2n) is 6.19. The molecule has 4 nitrogen and oxygen atoms in total. The maximum Gasteiger partial charge on any atom is 0.241 e. The van der Waals surface area contributed by atoms with Crippen LogP contribution in [-0.2, 0) is 4.79 Å². The fourth-order valence-electron chi connectivity index (χ4n) is 3.12. The number of carbonyl (C=O) groups is 1. The SMILES string of the molecule is CC(C)C1NC(C)N(CC2CCCCN2C)C1=O. The molecule has 2 aliphatic heterocycles. The lowest BCUT2D eigenvalue weighted by atomic mass is 10.0. The van der Waals surface area contributed by atoms with E-state index in [4.69, 9.17) is 0 Å². The first-order valence-corrected chi connectivity index (χ1v) is 7.27. The number of piperidine rings is 1. The molecule has 2 rings (SSSR count). The van der Waals surface area contributed by atoms with Crippen LogP contribution in [0.25, 0.3) is 0 Å². The van der Waals surface area contributed by atoms with Crippen molar-refractivity contribution in [2.24, 2.45) is 5.92 Å². The summed E-state index contributed by atoms with van der Waals surface area (Å²) in [6, 6.07) is 0.548. The minimum atomic E-state index is 0.00824. The topological polar surface area (TPSA) is 35.6 Å². The minimum absolute atomic E-state index is 0.00824. The summed E-state index contributed by atoms with van der Waals surface area (Å²) < 4.78 is 0. The van der Waals surface area contributed by atoms with E-state index in [0.717, 1.165) is 6.54 Å². The zero-order chi connectivity index (χ0) is 13.3. The van der Waals surface area contributed by atoms with E-state index in [2.05, 4.69) is 38.0 Å². The second-order valence-corrected chi connectivity index (χ2v) is 6.19. The molecule has 0 spiro atoms. The van der Waals surface area contributed by atoms with Gasteiger partial charge in [0.25, 0.3) is 0 Å². The van der Waals surface area contributed by atoms with E-state index in [1.807, 2.05) is 4.90 Å². The highest BCUT2D eigenvalue weighted by molar-refractivity contribution is 5.84. The molecule has 0 radical (unpaired) electrons. The smallest absolute Gasteiger partial charge is 0.241 e. The summed E-state index contributed by atoms with van der Waals surface area (Å²) in [5.41, 5.74) is 0. The number of nitrogens with zero attached hydrogens (tertiary/aromatic N) is 2. The average molecular weight is 253 g/mol. The van der Waals surface area contributed by atoms with Gasteiger partial charge in [-0.05, 0) is 39.3 Å². The Kier molecular flexibility index (Phi) is 4.28. The van der Waals surface area contributed by atoms with Gasteiger partial charge < -0.3 is 9.80 Å². The Morgan fingerprint density at radius 2 is 2.11 bits per heavy atom. The molecule has 18 heavy (non-hydrogen) atoms. The van der Waals surface area contributed by atoms with Crippen molar-refractivity contribution < 1.29 is 4.79 Å². The molecule has 2 saturated heterocycles. The van der Waals surface area contributed by atoms with Crippen LogP contribution in [0.1, 0.15) is 40.0 Å². The van der Waals surface area contributed by atoms with Crippen molar-refractivity contribution in [3.8, 4) is 0 Å². The van der Waals surface area contributed by atoms with Crippen LogP contribution < -0.4 is 5.32 Å². The molecule has 1 amide bonds. The molecule has 0 aromatic heterocycles. The molecule has 0 aromatic rings. The van der Waals surface area contributed by atoms with Gasteiger partial charge in [-0.15, -0.1) is 0 Å². The first-order chi connectivity index (χ1) is 8.50. The molecule has 0 bridgehead atoms. The van der Waals surface area contributed by atoms with Crippen molar-refractivity contribution in [2.75, 3.05) is 20.1 Å². The van der Waals surface area contributed by atoms with Crippen LogP contribution in [-0.4, -0.2) is 54.1 Å². The van der Waals surface area contributed by atoms with Gasteiger partial charge in [0.05, 0.1) is 12.2 Å². The number of hydrogen-bond acceptors (Lipinski definition) is 3. The molecular formula is C14H27N3O. The summed E-state index contributed by atoms with van der Waals surface area (Å²) in [5, 5.41) is 3.42. The van der Waals surface area contributed by atoms with Crippen LogP contribution in [0, 0.1) is 5.92 Å². The maximum absolute atomic E-state index is 12.4. The van der Waals surface area contributed by atoms with E-state index in [1.165, 1.54) is 25.8 Å². The van der Waals surface area contributed by atoms with Gasteiger partial charge in [0.2, 0.25) is 5.91 Å². The molecule has 0 saturated carbocycles. The zero-order valence-corrected chi connectivity index (χ0v) is 12.1. The Balaban J connectivity index is 1.98. The Morgan fingerprint density at radius 3 is 2.67 bits per heavy atom. The minimum Gasteiger partial charge on any atom is -0.325 e. The molecule has 2 fully saturated rings. The molecule has 2 aliphatic rings. The molecule has 4 heteroatoms. The Hall–Kier alpha value is -0.610. The van der Waals surface area contributed by atoms with Crippen LogP contribution in [0.2, 0.25) is 0 Å². The number of likely N-dealkylation sites (tertiary alicyclic amines) is 1. The summed E-state index contributed by atoms with van der Waals surface area (Å²) in [6.07, 6.45) is 4.00. The summed E-state index contributed by atoms with van der Waals surface area (Å²) in [6.45, 7) is 8.37. The van der Waals surface area contributed by atoms with Crippen molar-refractivity contribution in [2.45, 2.75) is 58.3 Å². The lowest BCUT2D eigenvalue weighted by Crippen LogP contribution is -2.48. The second kappa shape index (κ2) is 5.57. The largest absolute Gasteiger partial charge is 0.325 e. The summed E-state index contributed by atoms with van der Waals surface area (Å²) in [4.78, 5) is 16.8. The number of hydrogen-bond donors (Lipinski definition) is 1. The first kappa shape index (κ1) is 13.8. The normalized spacial score (nSPS) is 34.6. The Labute approximate surface area is 111 Å². The summed E-state index contributed by atoms with van der Waals surface area (Å²) >= 11 is 0. The zero-order valence-electron chi connectivity index (χ0n) is 12.1. The molecule has 3 atom stereocenters. The molecule has 2 heterocycles. The van der Waals surface area contributed by atoms with Crippen molar-refractivity contribution in [1.29, 1.82) is 0 Å². The van der Waals surface area contributed by atoms with Gasteiger partial charge >= 0.3 is 0 Å². The van der Waals surface area contributed by atoms with Crippen LogP contribution >= 0.6 is 0 Å². The molecule has 1 N–H and O–H groups in total. The highest BCUT2D eigenvalue weighted by Gasteiger charge is 2.39. The van der Waals surface area contributed by atoms with E-state index in [0.29, 0.717) is 12.0 Å². The predicted octanol–water partition coefficient (Wildman–Crippen LogP) is 1.27. The van der Waals surface area contributed by atoms with E-state index >= 15 is 0 Å². The fourth-order valence-corrected chi connectivity index (χ4v) is 3.12. The molecule has 3 unspecified atom stereocenters. The summed E-state index contributed by atoms with van der Waals surface area (Å²) in [5.74, 6) is 0.658. The van der Waals surface area contributed by atoms with Gasteiger partial charge in [0.1, 0.15) is 0 Å². The van der Waals surface area contributed by atoms with Gasteiger partial charge in [-0.1, -0.05) is 20.3 Å². The van der Waals surface area contributed by atoms with Gasteiger partial charge in [-0.3, -0.25) is 10.1 Å². The monoisotopic (exact) mass is 253 g/mol. The van der Waals surface area contributed by atoms with Crippen molar-refractivity contribution >= 4 is 5.91 Å². The molecule has 0 aromatic carbocycles. The van der Waals surface area contributed by atoms with E-state index < -0.39 is 0 Å². The van der Waals surface area contributed by atoms with Crippen molar-refractivity contribution in [3.63, 3.8) is 0 Å². The van der Waals surface area contributed by atoms with Gasteiger partial charge in [-0.2, -0.15) is 0 Å². The lowest BCUT2D eigenvalue weighted by Gasteiger charge is -2.36. The third-order valence-corrected chi connectivity index (χ3v) is 4.43. The van der Waals surface area contributed by atoms with Gasteiger partial charge in [-0.25, -0.2) is 0 Å². The van der Waals surface area contributed by atoms with Crippen LogP contribution in [0.15, 0.2) is 0 Å². The number of amides is 1. The van der Waals surface area contributed by atoms with Crippen LogP contribution in [0.4, 0.5) is 0 Å². The third-order valence-electron chi connectivity index (χ3n) is 4.43. The Bertz CT molecular complexity index is 305. The number of rotatable bonds is 3. The van der Waals surface area contributed by atoms with E-state index in [1.54, 1.807) is 0 Å². The van der Waals surface area contributed by atoms with Crippen molar-refractivity contribution in [1.82, 2.24) is 15.1 Å². The van der Waals surface area contributed by atoms with Crippen LogP contribution in [0.5, 0.6) is 0 Å². The molecular weight excluding hydrogens is 226 g/mol. The lowest BCUT2D eigenvalue weighted by molar-refractivity contribution is -0.131. The standard InChI is InChI=1S/C14H27N3O/c1-10(2)13-14(18)17(11(3)15-13)9-12-7-5-6-8-16(12)4/h10-13,15H,5-9H2,1-4H3.